The third-order valence-corrected chi connectivity index (χ3v) is 4.46. The van der Waals surface area contributed by atoms with Crippen molar-refractivity contribution in [3.63, 3.8) is 0 Å². The van der Waals surface area contributed by atoms with Crippen LogP contribution in [0.5, 0.6) is 0 Å². The fraction of sp³-hybridized carbons (Fsp3) is 0.200. The Kier molecular flexibility index (Phi) is 3.30. The lowest BCUT2D eigenvalue weighted by Gasteiger charge is -2.03. The van der Waals surface area contributed by atoms with Gasteiger partial charge in [-0.05, 0) is 36.4 Å². The number of H-pyrrole nitrogens is 1. The number of thiophene rings is 1. The van der Waals surface area contributed by atoms with E-state index in [2.05, 4.69) is 20.4 Å². The molecule has 2 N–H and O–H groups in total. The molecule has 3 aromatic heterocycles. The van der Waals surface area contributed by atoms with Crippen molar-refractivity contribution in [1.29, 1.82) is 0 Å². The average molecular weight is 328 g/mol. The Balaban J connectivity index is 1.60. The smallest absolute Gasteiger partial charge is 0.270 e. The summed E-state index contributed by atoms with van der Waals surface area (Å²) in [4.78, 5) is 31.5. The molecule has 1 fully saturated rings. The normalized spacial score (nSPS) is 13.9. The van der Waals surface area contributed by atoms with E-state index in [0.29, 0.717) is 28.2 Å². The van der Waals surface area contributed by atoms with Gasteiger partial charge in [-0.3, -0.25) is 9.59 Å². The fourth-order valence-corrected chi connectivity index (χ4v) is 2.97. The summed E-state index contributed by atoms with van der Waals surface area (Å²) < 4.78 is 5.29. The van der Waals surface area contributed by atoms with Crippen molar-refractivity contribution in [2.24, 2.45) is 0 Å². The van der Waals surface area contributed by atoms with Crippen LogP contribution >= 0.6 is 11.3 Å². The Morgan fingerprint density at radius 1 is 1.39 bits per heavy atom. The van der Waals surface area contributed by atoms with Crippen LogP contribution in [0.25, 0.3) is 10.8 Å². The Hall–Kier alpha value is -2.74. The minimum Gasteiger partial charge on any atom is -0.333 e. The van der Waals surface area contributed by atoms with Crippen molar-refractivity contribution >= 4 is 22.9 Å². The largest absolute Gasteiger partial charge is 0.333 e. The molecule has 0 atom stereocenters. The molecule has 3 heterocycles. The molecule has 0 bridgehead atoms. The van der Waals surface area contributed by atoms with Crippen molar-refractivity contribution in [2.75, 3.05) is 5.32 Å². The zero-order chi connectivity index (χ0) is 15.8. The molecule has 116 valence electrons. The highest BCUT2D eigenvalue weighted by molar-refractivity contribution is 7.14. The third-order valence-electron chi connectivity index (χ3n) is 3.55. The van der Waals surface area contributed by atoms with Gasteiger partial charge < -0.3 is 14.8 Å². The first-order valence-electron chi connectivity index (χ1n) is 7.13. The number of hydrogen-bond donors (Lipinski definition) is 2. The summed E-state index contributed by atoms with van der Waals surface area (Å²) in [6.45, 7) is 0. The van der Waals surface area contributed by atoms with E-state index < -0.39 is 11.5 Å². The molecule has 1 aliphatic carbocycles. The van der Waals surface area contributed by atoms with Gasteiger partial charge in [0.1, 0.15) is 10.4 Å². The van der Waals surface area contributed by atoms with Crippen molar-refractivity contribution in [3.8, 4) is 10.8 Å². The van der Waals surface area contributed by atoms with Crippen LogP contribution in [0, 0.1) is 0 Å². The number of aromatic nitrogens is 3. The summed E-state index contributed by atoms with van der Waals surface area (Å²) in [7, 11) is 0. The van der Waals surface area contributed by atoms with Crippen LogP contribution in [0.3, 0.4) is 0 Å². The van der Waals surface area contributed by atoms with E-state index in [0.717, 1.165) is 12.8 Å². The molecule has 1 saturated carbocycles. The van der Waals surface area contributed by atoms with Gasteiger partial charge in [0.2, 0.25) is 0 Å². The molecule has 0 spiro atoms. The van der Waals surface area contributed by atoms with Crippen LogP contribution < -0.4 is 10.9 Å². The molecule has 23 heavy (non-hydrogen) atoms. The number of hydrogen-bond acceptors (Lipinski definition) is 6. The maximum absolute atomic E-state index is 12.2. The van der Waals surface area contributed by atoms with Crippen molar-refractivity contribution < 1.29 is 9.32 Å². The molecule has 1 amide bonds. The molecular weight excluding hydrogens is 316 g/mol. The molecule has 0 radical (unpaired) electrons. The SMILES string of the molecule is O=C(Nc1ccsc1-c1nc(C2CC2)no1)c1ccc[nH]c1=O. The topological polar surface area (TPSA) is 101 Å². The number of carbonyl (C=O) groups is 1. The summed E-state index contributed by atoms with van der Waals surface area (Å²) >= 11 is 1.39. The van der Waals surface area contributed by atoms with Gasteiger partial charge in [-0.1, -0.05) is 5.16 Å². The van der Waals surface area contributed by atoms with Crippen LogP contribution in [0.1, 0.15) is 34.9 Å². The van der Waals surface area contributed by atoms with Gasteiger partial charge in [-0.2, -0.15) is 4.98 Å². The van der Waals surface area contributed by atoms with Crippen molar-refractivity contribution in [1.82, 2.24) is 15.1 Å². The standard InChI is InChI=1S/C15H12N4O3S/c20-13-9(2-1-6-16-13)14(21)17-10-5-7-23-11(10)15-18-12(19-22-15)8-3-4-8/h1-2,5-8H,3-4H2,(H,16,20)(H,17,21). The number of anilines is 1. The number of pyridine rings is 1. The average Bonchev–Trinajstić information content (AvgIpc) is 3.10. The zero-order valence-corrected chi connectivity index (χ0v) is 12.7. The molecule has 4 rings (SSSR count). The summed E-state index contributed by atoms with van der Waals surface area (Å²) in [6, 6.07) is 4.82. The summed E-state index contributed by atoms with van der Waals surface area (Å²) in [6.07, 6.45) is 3.65. The van der Waals surface area contributed by atoms with E-state index >= 15 is 0 Å². The maximum Gasteiger partial charge on any atom is 0.270 e. The van der Waals surface area contributed by atoms with Gasteiger partial charge in [0, 0.05) is 12.1 Å². The van der Waals surface area contributed by atoms with Crippen LogP contribution in [0.15, 0.2) is 39.1 Å². The minimum absolute atomic E-state index is 0.0499. The summed E-state index contributed by atoms with van der Waals surface area (Å²) in [5, 5.41) is 8.52. The summed E-state index contributed by atoms with van der Waals surface area (Å²) in [5.74, 6) is 1.02. The molecule has 1 aliphatic rings. The van der Waals surface area contributed by atoms with Gasteiger partial charge in [0.25, 0.3) is 17.4 Å². The lowest BCUT2D eigenvalue weighted by atomic mass is 10.2. The second kappa shape index (κ2) is 5.47. The Morgan fingerprint density at radius 2 is 2.26 bits per heavy atom. The van der Waals surface area contributed by atoms with Crippen LogP contribution in [-0.4, -0.2) is 21.0 Å². The molecular formula is C15H12N4O3S. The first-order chi connectivity index (χ1) is 11.2. The Labute approximate surface area is 134 Å². The highest BCUT2D eigenvalue weighted by Gasteiger charge is 2.29. The predicted octanol–water partition coefficient (Wildman–Crippen LogP) is 2.62. The molecule has 7 nitrogen and oxygen atoms in total. The van der Waals surface area contributed by atoms with Gasteiger partial charge in [-0.25, -0.2) is 0 Å². The molecule has 0 aliphatic heterocycles. The molecule has 8 heteroatoms. The second-order valence-corrected chi connectivity index (χ2v) is 6.18. The number of amides is 1. The van der Waals surface area contributed by atoms with E-state index in [4.69, 9.17) is 4.52 Å². The first-order valence-corrected chi connectivity index (χ1v) is 8.01. The lowest BCUT2D eigenvalue weighted by molar-refractivity contribution is 0.102. The number of nitrogens with one attached hydrogen (secondary N) is 2. The zero-order valence-electron chi connectivity index (χ0n) is 11.9. The number of nitrogens with zero attached hydrogens (tertiary/aromatic N) is 2. The third kappa shape index (κ3) is 2.68. The molecule has 0 unspecified atom stereocenters. The molecule has 0 saturated heterocycles. The van der Waals surface area contributed by atoms with Crippen molar-refractivity contribution in [3.05, 3.63) is 51.5 Å². The fourth-order valence-electron chi connectivity index (χ4n) is 2.20. The van der Waals surface area contributed by atoms with E-state index in [-0.39, 0.29) is 5.56 Å². The predicted molar refractivity (Wildman–Crippen MR) is 84.6 cm³/mol. The highest BCUT2D eigenvalue weighted by Crippen LogP contribution is 2.40. The van der Waals surface area contributed by atoms with E-state index in [9.17, 15) is 9.59 Å². The Morgan fingerprint density at radius 3 is 3.04 bits per heavy atom. The van der Waals surface area contributed by atoms with E-state index in [1.54, 1.807) is 12.1 Å². The van der Waals surface area contributed by atoms with Gasteiger partial charge >= 0.3 is 0 Å². The van der Waals surface area contributed by atoms with Crippen LogP contribution in [-0.2, 0) is 0 Å². The number of aromatic amines is 1. The maximum atomic E-state index is 12.2. The number of carbonyl (C=O) groups excluding carboxylic acids is 1. The Bertz CT molecular complexity index is 922. The highest BCUT2D eigenvalue weighted by atomic mass is 32.1. The second-order valence-electron chi connectivity index (χ2n) is 5.26. The van der Waals surface area contributed by atoms with Crippen LogP contribution in [0.4, 0.5) is 5.69 Å². The van der Waals surface area contributed by atoms with Gasteiger partial charge in [0.05, 0.1) is 5.69 Å². The van der Waals surface area contributed by atoms with Crippen molar-refractivity contribution in [2.45, 2.75) is 18.8 Å². The van der Waals surface area contributed by atoms with Gasteiger partial charge in [0.15, 0.2) is 5.82 Å². The minimum atomic E-state index is -0.478. The lowest BCUT2D eigenvalue weighted by Crippen LogP contribution is -2.22. The van der Waals surface area contributed by atoms with E-state index in [1.807, 2.05) is 5.38 Å². The molecule has 0 aromatic carbocycles. The van der Waals surface area contributed by atoms with Gasteiger partial charge in [-0.15, -0.1) is 11.3 Å². The van der Waals surface area contributed by atoms with E-state index in [1.165, 1.54) is 23.6 Å². The van der Waals surface area contributed by atoms with Crippen LogP contribution in [0.2, 0.25) is 0 Å². The monoisotopic (exact) mass is 328 g/mol. The number of rotatable bonds is 4. The first kappa shape index (κ1) is 13.9. The quantitative estimate of drug-likeness (QED) is 0.766. The molecule has 3 aromatic rings. The summed E-state index contributed by atoms with van der Waals surface area (Å²) in [5.41, 5.74) is 0.165.